The van der Waals surface area contributed by atoms with Gasteiger partial charge in [0, 0.05) is 62.2 Å². The number of ether oxygens (including phenoxy) is 2. The van der Waals surface area contributed by atoms with Crippen LogP contribution in [0, 0.1) is 18.3 Å². The highest BCUT2D eigenvalue weighted by Gasteiger charge is 2.29. The number of carboxylic acids is 1. The number of carbonyl (C=O) groups is 1. The fraction of sp³-hybridized carbons (Fsp3) is 0.366. The third-order valence-corrected chi connectivity index (χ3v) is 10.5. The molecule has 0 saturated carbocycles. The van der Waals surface area contributed by atoms with Gasteiger partial charge in [0.1, 0.15) is 42.3 Å². The van der Waals surface area contributed by atoms with Gasteiger partial charge < -0.3 is 29.0 Å². The highest BCUT2D eigenvalue weighted by molar-refractivity contribution is 6.32. The molecule has 2 aromatic heterocycles. The Bertz CT molecular complexity index is 2150. The Kier molecular flexibility index (Phi) is 11.2. The number of aliphatic carboxylic acids is 1. The number of nitriles is 1. The van der Waals surface area contributed by atoms with Gasteiger partial charge in [0.2, 0.25) is 0 Å². The lowest BCUT2D eigenvalue weighted by molar-refractivity contribution is -0.144. The average molecular weight is 736 g/mol. The average Bonchev–Trinajstić information content (AvgIpc) is 3.78. The molecule has 0 unspecified atom stereocenters. The topological polar surface area (TPSA) is 145 Å². The van der Waals surface area contributed by atoms with Crippen molar-refractivity contribution in [3.8, 4) is 28.7 Å². The molecule has 2 N–H and O–H groups in total. The van der Waals surface area contributed by atoms with Crippen LogP contribution in [-0.2, 0) is 31.0 Å². The van der Waals surface area contributed by atoms with Crippen LogP contribution < -0.4 is 9.47 Å². The zero-order chi connectivity index (χ0) is 36.9. The van der Waals surface area contributed by atoms with E-state index in [1.165, 1.54) is 6.20 Å². The minimum absolute atomic E-state index is 0.153. The third-order valence-electron chi connectivity index (χ3n) is 10.2. The van der Waals surface area contributed by atoms with Gasteiger partial charge in [-0.2, -0.15) is 5.26 Å². The number of likely N-dealkylation sites (tertiary alicyclic amines) is 2. The number of aromatic nitrogens is 2. The fourth-order valence-corrected chi connectivity index (χ4v) is 7.48. The molecule has 3 aromatic carbocycles. The van der Waals surface area contributed by atoms with Crippen LogP contribution in [0.1, 0.15) is 59.4 Å². The lowest BCUT2D eigenvalue weighted by atomic mass is 9.96. The molecule has 2 aliphatic heterocycles. The van der Waals surface area contributed by atoms with Crippen molar-refractivity contribution >= 4 is 28.7 Å². The van der Waals surface area contributed by atoms with E-state index >= 15 is 0 Å². The van der Waals surface area contributed by atoms with Crippen molar-refractivity contribution in [1.82, 2.24) is 19.8 Å². The van der Waals surface area contributed by atoms with Crippen molar-refractivity contribution in [2.24, 2.45) is 0 Å². The summed E-state index contributed by atoms with van der Waals surface area (Å²) in [7, 11) is 0. The van der Waals surface area contributed by atoms with E-state index in [-0.39, 0.29) is 19.3 Å². The predicted molar refractivity (Wildman–Crippen MR) is 200 cm³/mol. The molecule has 11 nitrogen and oxygen atoms in total. The molecule has 2 fully saturated rings. The van der Waals surface area contributed by atoms with Gasteiger partial charge in [-0.25, -0.2) is 4.98 Å². The molecular formula is C41H42ClN5O6. The molecular weight excluding hydrogens is 694 g/mol. The summed E-state index contributed by atoms with van der Waals surface area (Å²) in [4.78, 5) is 25.2. The molecule has 5 aromatic rings. The van der Waals surface area contributed by atoms with E-state index < -0.39 is 12.0 Å². The predicted octanol–water partition coefficient (Wildman–Crippen LogP) is 6.93. The number of rotatable bonds is 13. The number of aliphatic hydroxyl groups is 1. The van der Waals surface area contributed by atoms with Gasteiger partial charge in [-0.1, -0.05) is 42.3 Å². The van der Waals surface area contributed by atoms with Crippen LogP contribution in [-0.4, -0.2) is 74.3 Å². The van der Waals surface area contributed by atoms with E-state index in [9.17, 15) is 20.3 Å². The van der Waals surface area contributed by atoms with Crippen molar-refractivity contribution in [1.29, 1.82) is 5.26 Å². The number of β-amino-alcohol motifs (C(OH)–C–C–N with tert-alkyl or cyclic N) is 1. The number of benzene rings is 3. The lowest BCUT2D eigenvalue weighted by Crippen LogP contribution is -2.44. The SMILES string of the molecule is Cc1c(COc2cc(OCc3cncc(C#N)c3)c(CN3CCCC[C@H]3C(=O)O)cc2Cl)cccc1-c1ccc2oc(CCN3CC[C@@H](O)C3)nc2c1. The molecule has 7 rings (SSSR count). The number of hydrogen-bond acceptors (Lipinski definition) is 10. The molecule has 0 radical (unpaired) electrons. The zero-order valence-corrected chi connectivity index (χ0v) is 30.4. The Balaban J connectivity index is 1.09. The maximum absolute atomic E-state index is 12.1. The number of aliphatic hydroxyl groups excluding tert-OH is 1. The zero-order valence-electron chi connectivity index (χ0n) is 29.6. The summed E-state index contributed by atoms with van der Waals surface area (Å²) in [5, 5.41) is 29.5. The fourth-order valence-electron chi connectivity index (χ4n) is 7.24. The maximum atomic E-state index is 12.1. The highest BCUT2D eigenvalue weighted by atomic mass is 35.5. The summed E-state index contributed by atoms with van der Waals surface area (Å²) in [6.45, 7) is 5.87. The van der Waals surface area contributed by atoms with Gasteiger partial charge in [-0.3, -0.25) is 14.7 Å². The van der Waals surface area contributed by atoms with Crippen LogP contribution in [0.25, 0.3) is 22.2 Å². The summed E-state index contributed by atoms with van der Waals surface area (Å²) < 4.78 is 18.7. The molecule has 2 saturated heterocycles. The number of carboxylic acid groups (broad SMARTS) is 1. The van der Waals surface area contributed by atoms with E-state index in [4.69, 9.17) is 30.5 Å². The Hall–Kier alpha value is -4.99. The number of oxazole rings is 1. The number of fused-ring (bicyclic) bond motifs is 1. The van der Waals surface area contributed by atoms with Crippen molar-refractivity contribution in [3.63, 3.8) is 0 Å². The molecule has 0 aliphatic carbocycles. The molecule has 4 heterocycles. The number of piperidine rings is 1. The summed E-state index contributed by atoms with van der Waals surface area (Å²) in [6, 6.07) is 19.0. The Morgan fingerprint density at radius 3 is 2.72 bits per heavy atom. The van der Waals surface area contributed by atoms with Crippen LogP contribution in [0.4, 0.5) is 0 Å². The molecule has 2 aliphatic rings. The van der Waals surface area contributed by atoms with Crippen molar-refractivity contribution in [3.05, 3.63) is 106 Å². The second kappa shape index (κ2) is 16.4. The van der Waals surface area contributed by atoms with Gasteiger partial charge in [-0.05, 0) is 79.3 Å². The third kappa shape index (κ3) is 8.64. The van der Waals surface area contributed by atoms with Gasteiger partial charge in [0.25, 0.3) is 0 Å². The number of halogens is 1. The van der Waals surface area contributed by atoms with Gasteiger partial charge in [-0.15, -0.1) is 0 Å². The summed E-state index contributed by atoms with van der Waals surface area (Å²) in [6.07, 6.45) is 6.77. The summed E-state index contributed by atoms with van der Waals surface area (Å²) in [5.41, 5.74) is 7.56. The van der Waals surface area contributed by atoms with Crippen LogP contribution >= 0.6 is 11.6 Å². The number of nitrogens with zero attached hydrogens (tertiary/aromatic N) is 5. The van der Waals surface area contributed by atoms with Crippen molar-refractivity contribution < 1.29 is 28.9 Å². The van der Waals surface area contributed by atoms with E-state index in [1.807, 2.05) is 35.2 Å². The molecule has 0 spiro atoms. The largest absolute Gasteiger partial charge is 0.488 e. The first-order chi connectivity index (χ1) is 25.7. The number of pyridine rings is 1. The Morgan fingerprint density at radius 1 is 1.04 bits per heavy atom. The van der Waals surface area contributed by atoms with E-state index in [0.717, 1.165) is 76.8 Å². The second-order valence-electron chi connectivity index (χ2n) is 13.9. The highest BCUT2D eigenvalue weighted by Crippen LogP contribution is 2.37. The van der Waals surface area contributed by atoms with Gasteiger partial charge in [0.15, 0.2) is 11.5 Å². The molecule has 0 bridgehead atoms. The molecule has 2 atom stereocenters. The minimum Gasteiger partial charge on any atom is -0.488 e. The van der Waals surface area contributed by atoms with E-state index in [1.54, 1.807) is 24.4 Å². The molecule has 0 amide bonds. The lowest BCUT2D eigenvalue weighted by Gasteiger charge is -2.33. The molecule has 274 valence electrons. The van der Waals surface area contributed by atoms with Crippen molar-refractivity contribution in [2.75, 3.05) is 26.2 Å². The maximum Gasteiger partial charge on any atom is 0.320 e. The smallest absolute Gasteiger partial charge is 0.320 e. The summed E-state index contributed by atoms with van der Waals surface area (Å²) in [5.74, 6) is 0.808. The van der Waals surface area contributed by atoms with Gasteiger partial charge in [0.05, 0.1) is 16.7 Å². The van der Waals surface area contributed by atoms with Crippen LogP contribution in [0.3, 0.4) is 0 Å². The van der Waals surface area contributed by atoms with Crippen LogP contribution in [0.15, 0.2) is 71.4 Å². The monoisotopic (exact) mass is 735 g/mol. The van der Waals surface area contributed by atoms with Crippen molar-refractivity contribution in [2.45, 2.75) is 70.9 Å². The van der Waals surface area contributed by atoms with Gasteiger partial charge >= 0.3 is 5.97 Å². The standard InChI is InChI=1S/C41H42ClN5O6/c1-26-30(5-4-6-33(26)29-8-9-37-35(17-29)45-40(53-37)11-14-46-13-10-32(48)23-46)25-52-39-18-38(51-24-28-15-27(19-43)20-44-21-28)31(16-34(39)42)22-47-12-3-2-7-36(47)41(49)50/h4-6,8-9,15-18,20-21,32,36,48H,2-3,7,10-14,22-25H2,1H3,(H,49,50)/t32-,36+/m1/s1. The first kappa shape index (κ1) is 36.4. The minimum atomic E-state index is -0.837. The molecule has 53 heavy (non-hydrogen) atoms. The Morgan fingerprint density at radius 2 is 1.91 bits per heavy atom. The van der Waals surface area contributed by atoms with Crippen LogP contribution in [0.5, 0.6) is 11.5 Å². The Labute approximate surface area is 313 Å². The normalized spacial score (nSPS) is 17.9. The second-order valence-corrected chi connectivity index (χ2v) is 14.3. The number of hydrogen-bond donors (Lipinski definition) is 2. The van der Waals surface area contributed by atoms with E-state index in [0.29, 0.717) is 60.5 Å². The first-order valence-electron chi connectivity index (χ1n) is 18.0. The first-order valence-corrected chi connectivity index (χ1v) is 18.4. The van der Waals surface area contributed by atoms with Crippen LogP contribution in [0.2, 0.25) is 5.02 Å². The van der Waals surface area contributed by atoms with E-state index in [2.05, 4.69) is 28.9 Å². The quantitative estimate of drug-likeness (QED) is 0.130. The molecule has 12 heteroatoms. The summed E-state index contributed by atoms with van der Waals surface area (Å²) >= 11 is 6.84.